The van der Waals surface area contributed by atoms with Crippen molar-refractivity contribution in [2.75, 3.05) is 13.2 Å². The van der Waals surface area contributed by atoms with Crippen molar-refractivity contribution in [1.82, 2.24) is 5.32 Å². The topological polar surface area (TPSA) is 78.5 Å². The van der Waals surface area contributed by atoms with Crippen LogP contribution in [-0.2, 0) is 9.59 Å². The van der Waals surface area contributed by atoms with Crippen molar-refractivity contribution >= 4 is 22.6 Å². The lowest BCUT2D eigenvalue weighted by atomic mass is 10.1. The number of aliphatic carboxylic acids is 1. The Labute approximate surface area is 135 Å². The first-order chi connectivity index (χ1) is 11.1. The second kappa shape index (κ2) is 8.78. The standard InChI is InChI=1S/C18H21NO4/c20-17(19-11-5-1-2-8-18(21)22)13-23-16-10-9-14-6-3-4-7-15(14)12-16/h3-4,6-7,9-10,12H,1-2,5,8,11,13H2,(H,19,20)(H,21,22)/p-1. The molecule has 0 aliphatic heterocycles. The van der Waals surface area contributed by atoms with Crippen LogP contribution in [0.4, 0.5) is 0 Å². The summed E-state index contributed by atoms with van der Waals surface area (Å²) in [6.45, 7) is 0.490. The lowest BCUT2D eigenvalue weighted by Crippen LogP contribution is -2.29. The van der Waals surface area contributed by atoms with Crippen molar-refractivity contribution in [3.8, 4) is 5.75 Å². The molecular weight excluding hydrogens is 294 g/mol. The lowest BCUT2D eigenvalue weighted by Gasteiger charge is -2.08. The lowest BCUT2D eigenvalue weighted by molar-refractivity contribution is -0.305. The zero-order valence-electron chi connectivity index (χ0n) is 12.9. The summed E-state index contributed by atoms with van der Waals surface area (Å²) in [5, 5.41) is 15.2. The fraction of sp³-hybridized carbons (Fsp3) is 0.333. The van der Waals surface area contributed by atoms with Crippen LogP contribution in [0.15, 0.2) is 42.5 Å². The fourth-order valence-electron chi connectivity index (χ4n) is 2.26. The van der Waals surface area contributed by atoms with Gasteiger partial charge in [-0.05, 0) is 42.2 Å². The Bertz CT molecular complexity index is 669. The van der Waals surface area contributed by atoms with Gasteiger partial charge in [-0.3, -0.25) is 4.79 Å². The molecule has 0 aromatic heterocycles. The van der Waals surface area contributed by atoms with Crippen molar-refractivity contribution in [3.63, 3.8) is 0 Å². The fourth-order valence-corrected chi connectivity index (χ4v) is 2.26. The van der Waals surface area contributed by atoms with Gasteiger partial charge in [0.05, 0.1) is 0 Å². The van der Waals surface area contributed by atoms with E-state index in [0.717, 1.165) is 23.6 Å². The van der Waals surface area contributed by atoms with Crippen LogP contribution in [0.1, 0.15) is 25.7 Å². The molecule has 0 radical (unpaired) electrons. The van der Waals surface area contributed by atoms with Crippen LogP contribution >= 0.6 is 0 Å². The summed E-state index contributed by atoms with van der Waals surface area (Å²) < 4.78 is 5.49. The van der Waals surface area contributed by atoms with Crippen molar-refractivity contribution in [2.24, 2.45) is 0 Å². The molecule has 2 aromatic rings. The third kappa shape index (κ3) is 5.98. The largest absolute Gasteiger partial charge is 0.550 e. The van der Waals surface area contributed by atoms with Crippen molar-refractivity contribution in [3.05, 3.63) is 42.5 Å². The van der Waals surface area contributed by atoms with E-state index in [4.69, 9.17) is 4.74 Å². The van der Waals surface area contributed by atoms with Gasteiger partial charge in [0.15, 0.2) is 6.61 Å². The molecule has 0 fully saturated rings. The number of carboxylic acids is 1. The van der Waals surface area contributed by atoms with Gasteiger partial charge < -0.3 is 20.0 Å². The Morgan fingerprint density at radius 3 is 2.57 bits per heavy atom. The first-order valence-corrected chi connectivity index (χ1v) is 7.73. The molecule has 0 spiro atoms. The average molecular weight is 314 g/mol. The molecule has 1 amide bonds. The Hall–Kier alpha value is -2.56. The molecule has 23 heavy (non-hydrogen) atoms. The van der Waals surface area contributed by atoms with E-state index in [1.807, 2.05) is 42.5 Å². The van der Waals surface area contributed by atoms with E-state index in [1.54, 1.807) is 0 Å². The number of carbonyl (C=O) groups is 2. The van der Waals surface area contributed by atoms with E-state index in [0.29, 0.717) is 18.7 Å². The maximum Gasteiger partial charge on any atom is 0.257 e. The summed E-state index contributed by atoms with van der Waals surface area (Å²) in [6.07, 6.45) is 2.14. The molecule has 0 unspecified atom stereocenters. The van der Waals surface area contributed by atoms with Gasteiger partial charge in [-0.15, -0.1) is 0 Å². The number of hydrogen-bond donors (Lipinski definition) is 1. The zero-order valence-corrected chi connectivity index (χ0v) is 12.9. The van der Waals surface area contributed by atoms with Crippen LogP contribution in [0.3, 0.4) is 0 Å². The van der Waals surface area contributed by atoms with Gasteiger partial charge in [-0.1, -0.05) is 36.8 Å². The van der Waals surface area contributed by atoms with Crippen molar-refractivity contribution < 1.29 is 19.4 Å². The molecule has 0 aliphatic carbocycles. The summed E-state index contributed by atoms with van der Waals surface area (Å²) >= 11 is 0. The predicted molar refractivity (Wildman–Crippen MR) is 85.9 cm³/mol. The minimum absolute atomic E-state index is 0.0304. The smallest absolute Gasteiger partial charge is 0.257 e. The molecular formula is C18H20NO4-. The second-order valence-corrected chi connectivity index (χ2v) is 5.33. The highest BCUT2D eigenvalue weighted by Crippen LogP contribution is 2.20. The number of ether oxygens (including phenoxy) is 1. The highest BCUT2D eigenvalue weighted by atomic mass is 16.5. The summed E-state index contributed by atoms with van der Waals surface area (Å²) in [5.74, 6) is -0.552. The van der Waals surface area contributed by atoms with E-state index in [-0.39, 0.29) is 18.9 Å². The number of rotatable bonds is 9. The SMILES string of the molecule is O=C([O-])CCCCCNC(=O)COc1ccc2ccccc2c1. The third-order valence-electron chi connectivity index (χ3n) is 3.47. The molecule has 0 bridgehead atoms. The number of carbonyl (C=O) groups excluding carboxylic acids is 2. The molecule has 0 heterocycles. The van der Waals surface area contributed by atoms with E-state index in [1.165, 1.54) is 0 Å². The van der Waals surface area contributed by atoms with Gasteiger partial charge in [0.1, 0.15) is 5.75 Å². The maximum atomic E-state index is 11.7. The molecule has 0 aliphatic rings. The summed E-state index contributed by atoms with van der Waals surface area (Å²) in [7, 11) is 0. The molecule has 122 valence electrons. The van der Waals surface area contributed by atoms with Gasteiger partial charge in [0.25, 0.3) is 5.91 Å². The van der Waals surface area contributed by atoms with E-state index in [9.17, 15) is 14.7 Å². The van der Waals surface area contributed by atoms with Crippen molar-refractivity contribution in [2.45, 2.75) is 25.7 Å². The van der Waals surface area contributed by atoms with Crippen LogP contribution in [0.5, 0.6) is 5.75 Å². The van der Waals surface area contributed by atoms with Crippen LogP contribution < -0.4 is 15.2 Å². The Balaban J connectivity index is 1.66. The minimum Gasteiger partial charge on any atom is -0.550 e. The van der Waals surface area contributed by atoms with Crippen LogP contribution in [-0.4, -0.2) is 25.0 Å². The molecule has 5 heteroatoms. The molecule has 0 saturated carbocycles. The zero-order chi connectivity index (χ0) is 16.5. The molecule has 2 rings (SSSR count). The van der Waals surface area contributed by atoms with Gasteiger partial charge >= 0.3 is 0 Å². The van der Waals surface area contributed by atoms with Crippen LogP contribution in [0.2, 0.25) is 0 Å². The number of carboxylic acid groups (broad SMARTS) is 1. The van der Waals surface area contributed by atoms with Gasteiger partial charge in [-0.2, -0.15) is 0 Å². The Kier molecular flexibility index (Phi) is 6.41. The summed E-state index contributed by atoms with van der Waals surface area (Å²) in [4.78, 5) is 21.9. The Morgan fingerprint density at radius 2 is 1.78 bits per heavy atom. The average Bonchev–Trinajstić information content (AvgIpc) is 2.55. The first kappa shape index (κ1) is 16.8. The number of unbranched alkanes of at least 4 members (excludes halogenated alkanes) is 2. The van der Waals surface area contributed by atoms with Gasteiger partial charge in [0, 0.05) is 12.5 Å². The normalized spacial score (nSPS) is 10.4. The highest BCUT2D eigenvalue weighted by Gasteiger charge is 2.03. The van der Waals surface area contributed by atoms with E-state index >= 15 is 0 Å². The van der Waals surface area contributed by atoms with E-state index in [2.05, 4.69) is 5.32 Å². The number of amides is 1. The number of nitrogens with one attached hydrogen (secondary N) is 1. The molecule has 5 nitrogen and oxygen atoms in total. The monoisotopic (exact) mass is 314 g/mol. The summed E-state index contributed by atoms with van der Waals surface area (Å²) in [6, 6.07) is 13.7. The Morgan fingerprint density at radius 1 is 1.00 bits per heavy atom. The first-order valence-electron chi connectivity index (χ1n) is 7.73. The number of fused-ring (bicyclic) bond motifs is 1. The quantitative estimate of drug-likeness (QED) is 0.714. The summed E-state index contributed by atoms with van der Waals surface area (Å²) in [5.41, 5.74) is 0. The number of hydrogen-bond acceptors (Lipinski definition) is 4. The van der Waals surface area contributed by atoms with Crippen LogP contribution in [0.25, 0.3) is 10.8 Å². The molecule has 0 saturated heterocycles. The second-order valence-electron chi connectivity index (χ2n) is 5.33. The van der Waals surface area contributed by atoms with Gasteiger partial charge in [-0.25, -0.2) is 0 Å². The molecule has 2 aromatic carbocycles. The number of benzene rings is 2. The highest BCUT2D eigenvalue weighted by molar-refractivity contribution is 5.84. The minimum atomic E-state index is -1.03. The van der Waals surface area contributed by atoms with Gasteiger partial charge in [0.2, 0.25) is 0 Å². The third-order valence-corrected chi connectivity index (χ3v) is 3.47. The van der Waals surface area contributed by atoms with Crippen molar-refractivity contribution in [1.29, 1.82) is 0 Å². The maximum absolute atomic E-state index is 11.7. The predicted octanol–water partition coefficient (Wildman–Crippen LogP) is 1.65. The van der Waals surface area contributed by atoms with Crippen LogP contribution in [0, 0.1) is 0 Å². The molecule has 0 atom stereocenters. The molecule has 1 N–H and O–H groups in total. The van der Waals surface area contributed by atoms with E-state index < -0.39 is 5.97 Å².